The number of rotatable bonds is 7. The summed E-state index contributed by atoms with van der Waals surface area (Å²) >= 11 is 1.08. The lowest BCUT2D eigenvalue weighted by atomic mass is 10.1. The van der Waals surface area contributed by atoms with Crippen LogP contribution in [0.2, 0.25) is 0 Å². The number of aromatic nitrogens is 1. The Labute approximate surface area is 133 Å². The van der Waals surface area contributed by atoms with Crippen molar-refractivity contribution < 1.29 is 14.7 Å². The number of amides is 1. The number of nitrogens with zero attached hydrogens (tertiary/aromatic N) is 1. The Morgan fingerprint density at radius 1 is 1.27 bits per heavy atom. The van der Waals surface area contributed by atoms with Gasteiger partial charge in [0.15, 0.2) is 0 Å². The van der Waals surface area contributed by atoms with E-state index in [-0.39, 0.29) is 17.2 Å². The van der Waals surface area contributed by atoms with E-state index in [4.69, 9.17) is 5.11 Å². The molecule has 0 fully saturated rings. The molecule has 1 aromatic heterocycles. The van der Waals surface area contributed by atoms with Crippen LogP contribution in [0.1, 0.15) is 32.9 Å². The van der Waals surface area contributed by atoms with Crippen molar-refractivity contribution in [1.29, 1.82) is 0 Å². The molecule has 1 heterocycles. The molecule has 116 valence electrons. The summed E-state index contributed by atoms with van der Waals surface area (Å²) in [6.45, 7) is 2.41. The zero-order valence-corrected chi connectivity index (χ0v) is 13.2. The summed E-state index contributed by atoms with van der Waals surface area (Å²) in [7, 11) is 0. The molecule has 0 saturated carbocycles. The molecule has 2 aromatic rings. The maximum Gasteiger partial charge on any atom is 0.347 e. The Kier molecular flexibility index (Phi) is 5.66. The first-order chi connectivity index (χ1) is 10.6. The molecule has 6 heteroatoms. The summed E-state index contributed by atoms with van der Waals surface area (Å²) in [4.78, 5) is 27.4. The Hall–Kier alpha value is -2.21. The van der Waals surface area contributed by atoms with Gasteiger partial charge in [-0.25, -0.2) is 9.78 Å². The van der Waals surface area contributed by atoms with Crippen LogP contribution in [0.15, 0.2) is 30.3 Å². The molecule has 1 aromatic carbocycles. The van der Waals surface area contributed by atoms with Crippen molar-refractivity contribution >= 4 is 23.2 Å². The van der Waals surface area contributed by atoms with Crippen molar-refractivity contribution in [2.75, 3.05) is 6.54 Å². The van der Waals surface area contributed by atoms with E-state index in [1.165, 1.54) is 5.56 Å². The van der Waals surface area contributed by atoms with Crippen LogP contribution < -0.4 is 5.32 Å². The first kappa shape index (κ1) is 16.2. The first-order valence-electron chi connectivity index (χ1n) is 7.12. The van der Waals surface area contributed by atoms with Gasteiger partial charge in [-0.05, 0) is 18.4 Å². The molecule has 0 spiro atoms. The molecule has 0 aliphatic carbocycles. The monoisotopic (exact) mass is 318 g/mol. The fourth-order valence-corrected chi connectivity index (χ4v) is 3.06. The van der Waals surface area contributed by atoms with Crippen molar-refractivity contribution in [2.45, 2.75) is 26.2 Å². The topological polar surface area (TPSA) is 79.3 Å². The highest BCUT2D eigenvalue weighted by molar-refractivity contribution is 7.13. The average Bonchev–Trinajstić information content (AvgIpc) is 2.91. The lowest BCUT2D eigenvalue weighted by molar-refractivity contribution is -0.120. The number of benzene rings is 1. The van der Waals surface area contributed by atoms with Crippen LogP contribution in [0.3, 0.4) is 0 Å². The molecule has 2 N–H and O–H groups in total. The summed E-state index contributed by atoms with van der Waals surface area (Å²) in [5, 5.41) is 12.5. The molecule has 0 bridgehead atoms. The maximum atomic E-state index is 11.9. The van der Waals surface area contributed by atoms with E-state index in [0.717, 1.165) is 17.8 Å². The minimum Gasteiger partial charge on any atom is -0.477 e. The molecule has 5 nitrogen and oxygen atoms in total. The molecule has 0 unspecified atom stereocenters. The molecular weight excluding hydrogens is 300 g/mol. The number of aromatic carboxylic acids is 1. The Balaban J connectivity index is 1.85. The van der Waals surface area contributed by atoms with Crippen LogP contribution in [0.5, 0.6) is 0 Å². The predicted octanol–water partition coefficient (Wildman–Crippen LogP) is 2.31. The van der Waals surface area contributed by atoms with Crippen molar-refractivity contribution in [1.82, 2.24) is 10.3 Å². The number of carbonyl (C=O) groups excluding carboxylic acids is 1. The predicted molar refractivity (Wildman–Crippen MR) is 85.3 cm³/mol. The van der Waals surface area contributed by atoms with Gasteiger partial charge in [0.25, 0.3) is 0 Å². The Morgan fingerprint density at radius 3 is 2.59 bits per heavy atom. The van der Waals surface area contributed by atoms with Gasteiger partial charge >= 0.3 is 5.97 Å². The minimum atomic E-state index is -0.981. The lowest BCUT2D eigenvalue weighted by Crippen LogP contribution is -2.27. The maximum absolute atomic E-state index is 11.9. The van der Waals surface area contributed by atoms with Crippen LogP contribution in [-0.4, -0.2) is 28.5 Å². The highest BCUT2D eigenvalue weighted by Gasteiger charge is 2.17. The molecular formula is C16H18N2O3S. The number of hydrogen-bond donors (Lipinski definition) is 2. The SMILES string of the molecule is CCc1nc(CC(=O)NCCc2ccccc2)sc1C(=O)O. The highest BCUT2D eigenvalue weighted by Crippen LogP contribution is 2.19. The summed E-state index contributed by atoms with van der Waals surface area (Å²) in [6, 6.07) is 9.91. The van der Waals surface area contributed by atoms with Crippen molar-refractivity contribution in [3.8, 4) is 0 Å². The number of carbonyl (C=O) groups is 2. The standard InChI is InChI=1S/C16H18N2O3S/c1-2-12-15(16(20)21)22-14(18-12)10-13(19)17-9-8-11-6-4-3-5-7-11/h3-7H,2,8-10H2,1H3,(H,17,19)(H,20,21). The molecule has 22 heavy (non-hydrogen) atoms. The summed E-state index contributed by atoms with van der Waals surface area (Å²) in [6.07, 6.45) is 1.44. The number of carboxylic acids is 1. The third-order valence-electron chi connectivity index (χ3n) is 3.16. The van der Waals surface area contributed by atoms with Crippen LogP contribution >= 0.6 is 11.3 Å². The Morgan fingerprint density at radius 2 is 2.00 bits per heavy atom. The largest absolute Gasteiger partial charge is 0.477 e. The zero-order valence-electron chi connectivity index (χ0n) is 12.3. The first-order valence-corrected chi connectivity index (χ1v) is 7.94. The second kappa shape index (κ2) is 7.70. The van der Waals surface area contributed by atoms with E-state index >= 15 is 0 Å². The molecule has 0 aliphatic heterocycles. The normalized spacial score (nSPS) is 10.4. The average molecular weight is 318 g/mol. The molecule has 0 radical (unpaired) electrons. The molecule has 0 saturated heterocycles. The van der Waals surface area contributed by atoms with Gasteiger partial charge in [0.2, 0.25) is 5.91 Å². The van der Waals surface area contributed by atoms with Gasteiger partial charge in [-0.1, -0.05) is 37.3 Å². The van der Waals surface area contributed by atoms with Gasteiger partial charge in [-0.3, -0.25) is 4.79 Å². The smallest absolute Gasteiger partial charge is 0.347 e. The molecule has 0 aliphatic rings. The van der Waals surface area contributed by atoms with E-state index in [2.05, 4.69) is 10.3 Å². The number of hydrogen-bond acceptors (Lipinski definition) is 4. The highest BCUT2D eigenvalue weighted by atomic mass is 32.1. The quantitative estimate of drug-likeness (QED) is 0.821. The molecule has 0 atom stereocenters. The van der Waals surface area contributed by atoms with Gasteiger partial charge in [0.1, 0.15) is 9.88 Å². The van der Waals surface area contributed by atoms with Crippen LogP contribution in [-0.2, 0) is 24.1 Å². The van der Waals surface area contributed by atoms with Gasteiger partial charge < -0.3 is 10.4 Å². The number of aryl methyl sites for hydroxylation is 1. The second-order valence-corrected chi connectivity index (χ2v) is 5.89. The third kappa shape index (κ3) is 4.39. The van der Waals surface area contributed by atoms with E-state index in [1.54, 1.807) is 0 Å². The summed E-state index contributed by atoms with van der Waals surface area (Å²) in [5.41, 5.74) is 1.71. The number of carboxylic acid groups (broad SMARTS) is 1. The van der Waals surface area contributed by atoms with Crippen molar-refractivity contribution in [3.63, 3.8) is 0 Å². The fourth-order valence-electron chi connectivity index (χ4n) is 2.07. The van der Waals surface area contributed by atoms with Crippen molar-refractivity contribution in [3.05, 3.63) is 51.5 Å². The van der Waals surface area contributed by atoms with E-state index in [0.29, 0.717) is 23.7 Å². The van der Waals surface area contributed by atoms with Gasteiger partial charge in [-0.2, -0.15) is 0 Å². The number of nitrogens with one attached hydrogen (secondary N) is 1. The van der Waals surface area contributed by atoms with Crippen molar-refractivity contribution in [2.24, 2.45) is 0 Å². The van der Waals surface area contributed by atoms with Gasteiger partial charge in [-0.15, -0.1) is 11.3 Å². The minimum absolute atomic E-state index is 0.125. The third-order valence-corrected chi connectivity index (χ3v) is 4.25. The lowest BCUT2D eigenvalue weighted by Gasteiger charge is -2.04. The van der Waals surface area contributed by atoms with Gasteiger partial charge in [0.05, 0.1) is 12.1 Å². The fraction of sp³-hybridized carbons (Fsp3) is 0.312. The zero-order chi connectivity index (χ0) is 15.9. The molecule has 2 rings (SSSR count). The van der Waals surface area contributed by atoms with E-state index < -0.39 is 5.97 Å². The molecule has 1 amide bonds. The van der Waals surface area contributed by atoms with Crippen LogP contribution in [0.25, 0.3) is 0 Å². The second-order valence-electron chi connectivity index (χ2n) is 4.80. The van der Waals surface area contributed by atoms with E-state index in [1.807, 2.05) is 37.3 Å². The number of thiazole rings is 1. The van der Waals surface area contributed by atoms with Gasteiger partial charge in [0, 0.05) is 6.54 Å². The Bertz CT molecular complexity index is 653. The summed E-state index contributed by atoms with van der Waals surface area (Å²) < 4.78 is 0. The van der Waals surface area contributed by atoms with Crippen LogP contribution in [0, 0.1) is 0 Å². The summed E-state index contributed by atoms with van der Waals surface area (Å²) in [5.74, 6) is -1.12. The van der Waals surface area contributed by atoms with Crippen LogP contribution in [0.4, 0.5) is 0 Å². The van der Waals surface area contributed by atoms with E-state index in [9.17, 15) is 9.59 Å².